The molecule has 0 bridgehead atoms. The molecule has 0 saturated heterocycles. The van der Waals surface area contributed by atoms with Gasteiger partial charge in [-0.3, -0.25) is 4.79 Å². The van der Waals surface area contributed by atoms with Crippen LogP contribution in [-0.2, 0) is 4.79 Å². The summed E-state index contributed by atoms with van der Waals surface area (Å²) in [6.07, 6.45) is 2.63. The Bertz CT molecular complexity index is 154. The van der Waals surface area contributed by atoms with Crippen LogP contribution in [-0.4, -0.2) is 17.6 Å². The Hall–Kier alpha value is -1.09. The van der Waals surface area contributed by atoms with E-state index in [4.69, 9.17) is 5.11 Å². The van der Waals surface area contributed by atoms with Gasteiger partial charge >= 0.3 is 0 Å². The molecular formula is C8H13NO2. The first-order chi connectivity index (χ1) is 5.20. The highest BCUT2D eigenvalue weighted by molar-refractivity contribution is 5.49. The van der Waals surface area contributed by atoms with Crippen molar-refractivity contribution in [1.29, 1.82) is 0 Å². The molecule has 0 saturated carbocycles. The minimum atomic E-state index is -0.514. The molecule has 0 aliphatic rings. The van der Waals surface area contributed by atoms with Crippen molar-refractivity contribution >= 4 is 6.41 Å². The van der Waals surface area contributed by atoms with E-state index in [1.807, 2.05) is 0 Å². The average molecular weight is 155 g/mol. The minimum Gasteiger partial charge on any atom is -0.389 e. The molecule has 1 atom stereocenters. The smallest absolute Gasteiger partial charge is 0.211 e. The molecular weight excluding hydrogens is 142 g/mol. The summed E-state index contributed by atoms with van der Waals surface area (Å²) in [6.45, 7) is 6.98. The molecule has 0 rings (SSSR count). The number of rotatable bonds is 6. The maximum atomic E-state index is 9.87. The number of carbonyl (C=O) groups excluding carboxylic acids is 1. The molecule has 0 aromatic heterocycles. The average Bonchev–Trinajstić information content (AvgIpc) is 2.01. The van der Waals surface area contributed by atoms with Gasteiger partial charge in [-0.1, -0.05) is 12.7 Å². The maximum absolute atomic E-state index is 9.87. The van der Waals surface area contributed by atoms with Gasteiger partial charge in [0.1, 0.15) is 0 Å². The van der Waals surface area contributed by atoms with Crippen molar-refractivity contribution in [3.05, 3.63) is 24.9 Å². The van der Waals surface area contributed by atoms with Crippen molar-refractivity contribution in [2.45, 2.75) is 18.9 Å². The number of hydrogen-bond acceptors (Lipinski definition) is 2. The highest BCUT2D eigenvalue weighted by Gasteiger charge is 1.98. The third kappa shape index (κ3) is 5.36. The monoisotopic (exact) mass is 155 g/mol. The van der Waals surface area contributed by atoms with E-state index in [1.54, 1.807) is 0 Å². The molecule has 0 heterocycles. The van der Waals surface area contributed by atoms with Gasteiger partial charge in [-0.2, -0.15) is 0 Å². The molecule has 0 spiro atoms. The van der Waals surface area contributed by atoms with Crippen LogP contribution in [0.4, 0.5) is 0 Å². The molecule has 11 heavy (non-hydrogen) atoms. The quantitative estimate of drug-likeness (QED) is 0.435. The zero-order valence-electron chi connectivity index (χ0n) is 6.42. The predicted octanol–water partition coefficient (Wildman–Crippen LogP) is 0.573. The third-order valence-corrected chi connectivity index (χ3v) is 1.28. The van der Waals surface area contributed by atoms with Crippen LogP contribution >= 0.6 is 0 Å². The van der Waals surface area contributed by atoms with E-state index < -0.39 is 6.10 Å². The van der Waals surface area contributed by atoms with Gasteiger partial charge in [0.15, 0.2) is 0 Å². The number of hydrogen-bond donors (Lipinski definition) is 2. The van der Waals surface area contributed by atoms with E-state index >= 15 is 0 Å². The summed E-state index contributed by atoms with van der Waals surface area (Å²) in [6, 6.07) is 0. The van der Waals surface area contributed by atoms with Crippen LogP contribution in [0.1, 0.15) is 12.8 Å². The van der Waals surface area contributed by atoms with Gasteiger partial charge in [0.2, 0.25) is 6.41 Å². The molecule has 3 nitrogen and oxygen atoms in total. The van der Waals surface area contributed by atoms with Crippen LogP contribution in [0.2, 0.25) is 0 Å². The molecule has 62 valence electrons. The van der Waals surface area contributed by atoms with Crippen LogP contribution in [0, 0.1) is 0 Å². The first kappa shape index (κ1) is 9.91. The van der Waals surface area contributed by atoms with E-state index in [-0.39, 0.29) is 0 Å². The Kier molecular flexibility index (Phi) is 5.11. The summed E-state index contributed by atoms with van der Waals surface area (Å²) in [4.78, 5) is 9.87. The van der Waals surface area contributed by atoms with Gasteiger partial charge in [-0.25, -0.2) is 0 Å². The summed E-state index contributed by atoms with van der Waals surface area (Å²) < 4.78 is 0. The van der Waals surface area contributed by atoms with Crippen LogP contribution in [0.3, 0.4) is 0 Å². The summed E-state index contributed by atoms with van der Waals surface area (Å²) in [5, 5.41) is 11.4. The molecule has 2 N–H and O–H groups in total. The summed E-state index contributed by atoms with van der Waals surface area (Å²) in [5.74, 6) is 0. The van der Waals surface area contributed by atoms with Crippen LogP contribution < -0.4 is 5.32 Å². The zero-order valence-corrected chi connectivity index (χ0v) is 6.42. The van der Waals surface area contributed by atoms with E-state index in [1.165, 1.54) is 6.08 Å². The Balaban J connectivity index is 3.44. The molecule has 0 aromatic carbocycles. The normalized spacial score (nSPS) is 11.7. The van der Waals surface area contributed by atoms with Crippen molar-refractivity contribution in [3.63, 3.8) is 0 Å². The number of nitrogens with one attached hydrogen (secondary N) is 1. The molecule has 1 unspecified atom stereocenters. The van der Waals surface area contributed by atoms with E-state index in [9.17, 15) is 4.79 Å². The van der Waals surface area contributed by atoms with Crippen molar-refractivity contribution in [1.82, 2.24) is 5.32 Å². The number of aliphatic hydroxyl groups is 1. The van der Waals surface area contributed by atoms with Crippen LogP contribution in [0.5, 0.6) is 0 Å². The largest absolute Gasteiger partial charge is 0.389 e. The second kappa shape index (κ2) is 5.68. The Labute approximate surface area is 66.4 Å². The van der Waals surface area contributed by atoms with Crippen LogP contribution in [0.15, 0.2) is 24.9 Å². The highest BCUT2D eigenvalue weighted by atomic mass is 16.3. The molecule has 0 radical (unpaired) electrons. The maximum Gasteiger partial charge on any atom is 0.211 e. The molecule has 0 aliphatic carbocycles. The topological polar surface area (TPSA) is 49.3 Å². The molecule has 0 aromatic rings. The summed E-state index contributed by atoms with van der Waals surface area (Å²) >= 11 is 0. The lowest BCUT2D eigenvalue weighted by molar-refractivity contribution is -0.109. The number of carbonyl (C=O) groups is 1. The number of allylic oxidation sites excluding steroid dienone is 1. The summed E-state index contributed by atoms with van der Waals surface area (Å²) in [5.41, 5.74) is 0.612. The summed E-state index contributed by atoms with van der Waals surface area (Å²) in [7, 11) is 0. The minimum absolute atomic E-state index is 0.514. The first-order valence-corrected chi connectivity index (χ1v) is 3.39. The Morgan fingerprint density at radius 2 is 2.36 bits per heavy atom. The van der Waals surface area contributed by atoms with E-state index in [2.05, 4.69) is 18.5 Å². The fourth-order valence-corrected chi connectivity index (χ4v) is 0.595. The molecule has 0 aliphatic heterocycles. The molecule has 1 amide bonds. The van der Waals surface area contributed by atoms with Gasteiger partial charge in [0.05, 0.1) is 6.10 Å². The first-order valence-electron chi connectivity index (χ1n) is 3.39. The fraction of sp³-hybridized carbons (Fsp3) is 0.375. The van der Waals surface area contributed by atoms with Gasteiger partial charge in [-0.15, -0.1) is 6.58 Å². The predicted molar refractivity (Wildman–Crippen MR) is 43.8 cm³/mol. The zero-order chi connectivity index (χ0) is 8.69. The standard InChI is InChI=1S/C8H13NO2/c1-3-8(11)5-4-7(2)9-6-10/h3,6,8,11H,1-2,4-5H2,(H,9,10). The molecule has 0 fully saturated rings. The SMILES string of the molecule is C=CC(O)CCC(=C)NC=O. The number of amides is 1. The second-order valence-corrected chi connectivity index (χ2v) is 2.21. The lowest BCUT2D eigenvalue weighted by Crippen LogP contribution is -2.11. The van der Waals surface area contributed by atoms with Crippen molar-refractivity contribution in [3.8, 4) is 0 Å². The number of aliphatic hydroxyl groups excluding tert-OH is 1. The van der Waals surface area contributed by atoms with Crippen molar-refractivity contribution < 1.29 is 9.90 Å². The lowest BCUT2D eigenvalue weighted by atomic mass is 10.2. The highest BCUT2D eigenvalue weighted by Crippen LogP contribution is 2.02. The van der Waals surface area contributed by atoms with Crippen LogP contribution in [0.25, 0.3) is 0 Å². The van der Waals surface area contributed by atoms with Gasteiger partial charge in [0.25, 0.3) is 0 Å². The van der Waals surface area contributed by atoms with Crippen molar-refractivity contribution in [2.24, 2.45) is 0 Å². The lowest BCUT2D eigenvalue weighted by Gasteiger charge is -2.05. The second-order valence-electron chi connectivity index (χ2n) is 2.21. The van der Waals surface area contributed by atoms with Gasteiger partial charge < -0.3 is 10.4 Å². The van der Waals surface area contributed by atoms with E-state index in [0.29, 0.717) is 24.9 Å². The van der Waals surface area contributed by atoms with Crippen molar-refractivity contribution in [2.75, 3.05) is 0 Å². The fourth-order valence-electron chi connectivity index (χ4n) is 0.595. The third-order valence-electron chi connectivity index (χ3n) is 1.28. The molecule has 3 heteroatoms. The van der Waals surface area contributed by atoms with Gasteiger partial charge in [-0.05, 0) is 12.8 Å². The Morgan fingerprint density at radius 3 is 2.82 bits per heavy atom. The Morgan fingerprint density at radius 1 is 1.73 bits per heavy atom. The van der Waals surface area contributed by atoms with E-state index in [0.717, 1.165) is 0 Å². The van der Waals surface area contributed by atoms with Gasteiger partial charge in [0, 0.05) is 5.70 Å².